The van der Waals surface area contributed by atoms with Crippen LogP contribution in [0, 0.1) is 11.6 Å². The van der Waals surface area contributed by atoms with Crippen molar-refractivity contribution in [3.05, 3.63) is 29.3 Å². The molecule has 4 nitrogen and oxygen atoms in total. The molecule has 0 saturated heterocycles. The molecule has 0 aromatic heterocycles. The SMILES string of the molecule is CCCNCc1cc(F)c(F)c(S(=O)(=O)N(C)CCC)c1. The average Bonchev–Trinajstić information content (AvgIpc) is 2.42. The number of benzene rings is 1. The lowest BCUT2D eigenvalue weighted by Crippen LogP contribution is -2.29. The number of halogens is 2. The Balaban J connectivity index is 3.16. The van der Waals surface area contributed by atoms with E-state index < -0.39 is 26.6 Å². The molecular weight excluding hydrogens is 298 g/mol. The molecule has 1 aromatic rings. The van der Waals surface area contributed by atoms with E-state index in [0.717, 1.165) is 23.3 Å². The highest BCUT2D eigenvalue weighted by Crippen LogP contribution is 2.22. The molecule has 0 radical (unpaired) electrons. The second-order valence-electron chi connectivity index (χ2n) is 4.89. The van der Waals surface area contributed by atoms with E-state index in [2.05, 4.69) is 5.32 Å². The van der Waals surface area contributed by atoms with Crippen molar-refractivity contribution in [1.29, 1.82) is 0 Å². The monoisotopic (exact) mass is 320 g/mol. The van der Waals surface area contributed by atoms with Crippen LogP contribution in [0.3, 0.4) is 0 Å². The van der Waals surface area contributed by atoms with Crippen molar-refractivity contribution in [2.75, 3.05) is 20.1 Å². The lowest BCUT2D eigenvalue weighted by Gasteiger charge is -2.17. The zero-order valence-corrected chi connectivity index (χ0v) is 13.4. The van der Waals surface area contributed by atoms with Gasteiger partial charge in [-0.3, -0.25) is 0 Å². The van der Waals surface area contributed by atoms with Crippen molar-refractivity contribution in [2.24, 2.45) is 0 Å². The van der Waals surface area contributed by atoms with Crippen molar-refractivity contribution < 1.29 is 17.2 Å². The minimum Gasteiger partial charge on any atom is -0.313 e. The molecule has 120 valence electrons. The van der Waals surface area contributed by atoms with E-state index in [4.69, 9.17) is 0 Å². The summed E-state index contributed by atoms with van der Waals surface area (Å²) in [6.45, 7) is 5.06. The maximum absolute atomic E-state index is 13.9. The van der Waals surface area contributed by atoms with Crippen molar-refractivity contribution in [2.45, 2.75) is 38.1 Å². The zero-order valence-electron chi connectivity index (χ0n) is 12.6. The Bertz CT molecular complexity index is 577. The molecule has 0 heterocycles. The largest absolute Gasteiger partial charge is 0.313 e. The summed E-state index contributed by atoms with van der Waals surface area (Å²) in [5.41, 5.74) is 0.408. The third-order valence-electron chi connectivity index (χ3n) is 3.04. The summed E-state index contributed by atoms with van der Waals surface area (Å²) in [5.74, 6) is -2.47. The Labute approximate surface area is 125 Å². The van der Waals surface area contributed by atoms with Gasteiger partial charge in [0.25, 0.3) is 0 Å². The maximum atomic E-state index is 13.9. The zero-order chi connectivity index (χ0) is 16.0. The molecule has 1 aromatic carbocycles. The first kappa shape index (κ1) is 18.0. The van der Waals surface area contributed by atoms with Gasteiger partial charge in [-0.05, 0) is 37.1 Å². The Morgan fingerprint density at radius 3 is 2.43 bits per heavy atom. The number of hydrogen-bond donors (Lipinski definition) is 1. The Kier molecular flexibility index (Phi) is 6.70. The second-order valence-corrected chi connectivity index (χ2v) is 6.91. The lowest BCUT2D eigenvalue weighted by atomic mass is 10.2. The third-order valence-corrected chi connectivity index (χ3v) is 4.89. The van der Waals surface area contributed by atoms with E-state index in [0.29, 0.717) is 18.5 Å². The van der Waals surface area contributed by atoms with Crippen LogP contribution in [0.4, 0.5) is 8.78 Å². The minimum atomic E-state index is -4.02. The van der Waals surface area contributed by atoms with Crippen LogP contribution in [0.1, 0.15) is 32.3 Å². The summed E-state index contributed by atoms with van der Waals surface area (Å²) in [6, 6.07) is 2.22. The van der Waals surface area contributed by atoms with E-state index >= 15 is 0 Å². The van der Waals surface area contributed by atoms with Crippen LogP contribution >= 0.6 is 0 Å². The van der Waals surface area contributed by atoms with Gasteiger partial charge < -0.3 is 5.32 Å². The maximum Gasteiger partial charge on any atom is 0.245 e. The van der Waals surface area contributed by atoms with Gasteiger partial charge in [0.15, 0.2) is 11.6 Å². The number of hydrogen-bond acceptors (Lipinski definition) is 3. The molecule has 0 spiro atoms. The predicted octanol–water partition coefficient (Wildman–Crippen LogP) is 2.49. The molecule has 0 amide bonds. The van der Waals surface area contributed by atoms with Gasteiger partial charge >= 0.3 is 0 Å². The number of sulfonamides is 1. The van der Waals surface area contributed by atoms with Crippen molar-refractivity contribution in [1.82, 2.24) is 9.62 Å². The molecule has 0 aliphatic carbocycles. The summed E-state index contributed by atoms with van der Waals surface area (Å²) in [7, 11) is -2.66. The molecule has 0 atom stereocenters. The fourth-order valence-corrected chi connectivity index (χ4v) is 3.30. The van der Waals surface area contributed by atoms with Crippen LogP contribution in [0.5, 0.6) is 0 Å². The molecule has 0 aliphatic heterocycles. The summed E-state index contributed by atoms with van der Waals surface area (Å²) in [4.78, 5) is -0.605. The molecule has 1 rings (SSSR count). The fourth-order valence-electron chi connectivity index (χ4n) is 1.92. The number of nitrogens with one attached hydrogen (secondary N) is 1. The first-order chi connectivity index (χ1) is 9.84. The highest BCUT2D eigenvalue weighted by atomic mass is 32.2. The van der Waals surface area contributed by atoms with Crippen LogP contribution in [0.15, 0.2) is 17.0 Å². The van der Waals surface area contributed by atoms with Crippen LogP contribution in [-0.2, 0) is 16.6 Å². The smallest absolute Gasteiger partial charge is 0.245 e. The fraction of sp³-hybridized carbons (Fsp3) is 0.571. The molecule has 7 heteroatoms. The van der Waals surface area contributed by atoms with Gasteiger partial charge in [0.05, 0.1) is 0 Å². The average molecular weight is 320 g/mol. The van der Waals surface area contributed by atoms with E-state index in [-0.39, 0.29) is 6.54 Å². The number of nitrogens with zero attached hydrogens (tertiary/aromatic N) is 1. The Morgan fingerprint density at radius 1 is 1.19 bits per heavy atom. The predicted molar refractivity (Wildman–Crippen MR) is 78.5 cm³/mol. The quantitative estimate of drug-likeness (QED) is 0.749. The Morgan fingerprint density at radius 2 is 1.86 bits per heavy atom. The molecular formula is C14H22F2N2O2S. The summed E-state index contributed by atoms with van der Waals surface area (Å²) in [5, 5.41) is 3.03. The van der Waals surface area contributed by atoms with Crippen LogP contribution in [-0.4, -0.2) is 32.9 Å². The van der Waals surface area contributed by atoms with Crippen LogP contribution in [0.25, 0.3) is 0 Å². The molecule has 0 fully saturated rings. The highest BCUT2D eigenvalue weighted by molar-refractivity contribution is 7.89. The van der Waals surface area contributed by atoms with Crippen molar-refractivity contribution >= 4 is 10.0 Å². The topological polar surface area (TPSA) is 49.4 Å². The van der Waals surface area contributed by atoms with E-state index in [9.17, 15) is 17.2 Å². The van der Waals surface area contributed by atoms with Crippen molar-refractivity contribution in [3.8, 4) is 0 Å². The van der Waals surface area contributed by atoms with Crippen molar-refractivity contribution in [3.63, 3.8) is 0 Å². The second kappa shape index (κ2) is 7.82. The number of rotatable bonds is 8. The van der Waals surface area contributed by atoms with E-state index in [1.807, 2.05) is 13.8 Å². The summed E-state index contributed by atoms with van der Waals surface area (Å²) < 4.78 is 53.1. The van der Waals surface area contributed by atoms with Gasteiger partial charge in [-0.15, -0.1) is 0 Å². The van der Waals surface area contributed by atoms with Crippen LogP contribution < -0.4 is 5.32 Å². The highest BCUT2D eigenvalue weighted by Gasteiger charge is 2.26. The van der Waals surface area contributed by atoms with Gasteiger partial charge in [0.2, 0.25) is 10.0 Å². The lowest BCUT2D eigenvalue weighted by molar-refractivity contribution is 0.447. The molecule has 0 saturated carbocycles. The van der Waals surface area contributed by atoms with Gasteiger partial charge in [-0.2, -0.15) is 0 Å². The minimum absolute atomic E-state index is 0.252. The summed E-state index contributed by atoms with van der Waals surface area (Å²) >= 11 is 0. The van der Waals surface area contributed by atoms with Gasteiger partial charge in [-0.25, -0.2) is 21.5 Å². The van der Waals surface area contributed by atoms with Gasteiger partial charge in [0, 0.05) is 20.1 Å². The molecule has 0 aliphatic rings. The molecule has 0 unspecified atom stereocenters. The normalized spacial score (nSPS) is 12.1. The molecule has 0 bridgehead atoms. The van der Waals surface area contributed by atoms with Gasteiger partial charge in [0.1, 0.15) is 4.90 Å². The summed E-state index contributed by atoms with van der Waals surface area (Å²) in [6.07, 6.45) is 1.49. The molecule has 1 N–H and O–H groups in total. The van der Waals surface area contributed by atoms with E-state index in [1.54, 1.807) is 0 Å². The first-order valence-electron chi connectivity index (χ1n) is 6.99. The van der Waals surface area contributed by atoms with Crippen LogP contribution in [0.2, 0.25) is 0 Å². The first-order valence-corrected chi connectivity index (χ1v) is 8.43. The third kappa shape index (κ3) is 4.46. The molecule has 21 heavy (non-hydrogen) atoms. The van der Waals surface area contributed by atoms with Gasteiger partial charge in [-0.1, -0.05) is 13.8 Å². The van der Waals surface area contributed by atoms with E-state index in [1.165, 1.54) is 13.1 Å². The Hall–Kier alpha value is -1.05. The standard InChI is InChI=1S/C14H22F2N2O2S/c1-4-6-17-10-11-8-12(15)14(16)13(9-11)21(19,20)18(3)7-5-2/h8-9,17H,4-7,10H2,1-3H3.